The third-order valence-corrected chi connectivity index (χ3v) is 5.75. The van der Waals surface area contributed by atoms with Crippen molar-refractivity contribution in [1.29, 1.82) is 0 Å². The van der Waals surface area contributed by atoms with Gasteiger partial charge in [-0.15, -0.1) is 0 Å². The van der Waals surface area contributed by atoms with Crippen LogP contribution in [0.5, 0.6) is 0 Å². The van der Waals surface area contributed by atoms with Crippen molar-refractivity contribution in [2.75, 3.05) is 0 Å². The van der Waals surface area contributed by atoms with Gasteiger partial charge in [-0.25, -0.2) is 0 Å². The van der Waals surface area contributed by atoms with Crippen molar-refractivity contribution in [3.8, 4) is 0 Å². The minimum absolute atomic E-state index is 0.109. The highest BCUT2D eigenvalue weighted by Crippen LogP contribution is 2.31. The van der Waals surface area contributed by atoms with Crippen LogP contribution in [0.15, 0.2) is 42.5 Å². The topological polar surface area (TPSA) is 60.7 Å². The standard InChI is InChI=1S/C25H31F3O3/c1-4-18-14-22(9-7-19(18)8-10-23(31)25(26,27)28)24(2,3)12-11-17-5-6-20(15-29)21(13-17)16-30/h5-10,13-14,23,29-31H,4,11-12,15-16H2,1-3H3/b10-8+. The second-order valence-electron chi connectivity index (χ2n) is 8.42. The van der Waals surface area contributed by atoms with Gasteiger partial charge in [0.05, 0.1) is 13.2 Å². The quantitative estimate of drug-likeness (QED) is 0.514. The molecule has 0 aliphatic rings. The second-order valence-corrected chi connectivity index (χ2v) is 8.42. The molecule has 0 aromatic heterocycles. The summed E-state index contributed by atoms with van der Waals surface area (Å²) in [6.45, 7) is 5.97. The van der Waals surface area contributed by atoms with E-state index in [2.05, 4.69) is 13.8 Å². The van der Waals surface area contributed by atoms with Crippen molar-refractivity contribution in [2.45, 2.75) is 70.9 Å². The first kappa shape index (κ1) is 25.1. The van der Waals surface area contributed by atoms with Gasteiger partial charge in [0.25, 0.3) is 0 Å². The van der Waals surface area contributed by atoms with Crippen LogP contribution in [0.25, 0.3) is 6.08 Å². The van der Waals surface area contributed by atoms with Gasteiger partial charge in [0.1, 0.15) is 0 Å². The van der Waals surface area contributed by atoms with Gasteiger partial charge in [-0.3, -0.25) is 0 Å². The summed E-state index contributed by atoms with van der Waals surface area (Å²) >= 11 is 0. The smallest absolute Gasteiger partial charge is 0.392 e. The fourth-order valence-corrected chi connectivity index (χ4v) is 3.54. The van der Waals surface area contributed by atoms with E-state index in [0.717, 1.165) is 46.7 Å². The Kier molecular flexibility index (Phi) is 8.46. The van der Waals surface area contributed by atoms with E-state index in [1.165, 1.54) is 6.08 Å². The van der Waals surface area contributed by atoms with Crippen LogP contribution in [0.1, 0.15) is 60.6 Å². The molecular formula is C25H31F3O3. The molecule has 3 N–H and O–H groups in total. The van der Waals surface area contributed by atoms with Crippen LogP contribution in [-0.2, 0) is 31.5 Å². The summed E-state index contributed by atoms with van der Waals surface area (Å²) < 4.78 is 37.6. The van der Waals surface area contributed by atoms with E-state index in [1.54, 1.807) is 6.07 Å². The Morgan fingerprint density at radius 3 is 2.19 bits per heavy atom. The molecule has 0 bridgehead atoms. The Bertz CT molecular complexity index is 901. The number of benzene rings is 2. The normalized spacial score (nSPS) is 13.7. The predicted octanol–water partition coefficient (Wildman–Crippen LogP) is 5.08. The molecule has 0 saturated heterocycles. The minimum atomic E-state index is -4.67. The maximum atomic E-state index is 12.5. The van der Waals surface area contributed by atoms with Gasteiger partial charge < -0.3 is 15.3 Å². The van der Waals surface area contributed by atoms with E-state index in [0.29, 0.717) is 12.0 Å². The molecule has 1 unspecified atom stereocenters. The van der Waals surface area contributed by atoms with Crippen LogP contribution in [0.4, 0.5) is 13.2 Å². The van der Waals surface area contributed by atoms with Gasteiger partial charge in [-0.2, -0.15) is 13.2 Å². The predicted molar refractivity (Wildman–Crippen MR) is 117 cm³/mol. The molecule has 0 heterocycles. The first-order valence-corrected chi connectivity index (χ1v) is 10.4. The molecule has 2 aromatic rings. The zero-order chi connectivity index (χ0) is 23.2. The zero-order valence-electron chi connectivity index (χ0n) is 18.2. The fraction of sp³-hybridized carbons (Fsp3) is 0.440. The van der Waals surface area contributed by atoms with Gasteiger partial charge in [0.15, 0.2) is 6.10 Å². The number of halogens is 3. The SMILES string of the molecule is CCc1cc(C(C)(C)CCc2ccc(CO)c(CO)c2)ccc1/C=C/C(O)C(F)(F)F. The molecule has 0 aliphatic carbocycles. The van der Waals surface area contributed by atoms with Crippen LogP contribution in [0, 0.1) is 0 Å². The average molecular weight is 437 g/mol. The van der Waals surface area contributed by atoms with Gasteiger partial charge in [-0.1, -0.05) is 63.2 Å². The highest BCUT2D eigenvalue weighted by atomic mass is 19.4. The highest BCUT2D eigenvalue weighted by molar-refractivity contribution is 5.56. The Balaban J connectivity index is 2.18. The molecule has 2 rings (SSSR count). The number of aliphatic hydroxyl groups excluding tert-OH is 3. The second kappa shape index (κ2) is 10.4. The van der Waals surface area contributed by atoms with Crippen molar-refractivity contribution in [1.82, 2.24) is 0 Å². The van der Waals surface area contributed by atoms with Gasteiger partial charge in [-0.05, 0) is 64.1 Å². The summed E-state index contributed by atoms with van der Waals surface area (Å²) in [7, 11) is 0. The Hall–Kier alpha value is -2.15. The number of hydrogen-bond donors (Lipinski definition) is 3. The van der Waals surface area contributed by atoms with E-state index < -0.39 is 12.3 Å². The van der Waals surface area contributed by atoms with Crippen LogP contribution < -0.4 is 0 Å². The van der Waals surface area contributed by atoms with Crippen molar-refractivity contribution in [2.24, 2.45) is 0 Å². The number of rotatable bonds is 9. The zero-order valence-corrected chi connectivity index (χ0v) is 18.2. The van der Waals surface area contributed by atoms with Gasteiger partial charge in [0.2, 0.25) is 0 Å². The molecule has 6 heteroatoms. The summed E-state index contributed by atoms with van der Waals surface area (Å²) in [6, 6.07) is 11.5. The molecule has 0 spiro atoms. The first-order chi connectivity index (χ1) is 14.5. The largest absolute Gasteiger partial charge is 0.417 e. The average Bonchev–Trinajstić information content (AvgIpc) is 2.74. The van der Waals surface area contributed by atoms with E-state index in [1.807, 2.05) is 37.3 Å². The first-order valence-electron chi connectivity index (χ1n) is 10.4. The molecule has 0 saturated carbocycles. The van der Waals surface area contributed by atoms with Crippen molar-refractivity contribution >= 4 is 6.08 Å². The molecule has 0 amide bonds. The lowest BCUT2D eigenvalue weighted by Gasteiger charge is -2.27. The maximum absolute atomic E-state index is 12.5. The maximum Gasteiger partial charge on any atom is 0.417 e. The number of aliphatic hydroxyl groups is 3. The number of aryl methyl sites for hydroxylation is 2. The van der Waals surface area contributed by atoms with Crippen LogP contribution in [-0.4, -0.2) is 27.6 Å². The van der Waals surface area contributed by atoms with Gasteiger partial charge >= 0.3 is 6.18 Å². The van der Waals surface area contributed by atoms with E-state index in [4.69, 9.17) is 0 Å². The Morgan fingerprint density at radius 2 is 1.61 bits per heavy atom. The lowest BCUT2D eigenvalue weighted by atomic mass is 9.78. The van der Waals surface area contributed by atoms with E-state index in [9.17, 15) is 28.5 Å². The molecule has 1 atom stereocenters. The summed E-state index contributed by atoms with van der Waals surface area (Å²) in [5, 5.41) is 28.0. The van der Waals surface area contributed by atoms with Crippen LogP contribution in [0.2, 0.25) is 0 Å². The lowest BCUT2D eigenvalue weighted by Crippen LogP contribution is -2.25. The molecule has 170 valence electrons. The summed E-state index contributed by atoms with van der Waals surface area (Å²) in [6.07, 6.45) is -2.77. The van der Waals surface area contributed by atoms with Crippen molar-refractivity contribution in [3.63, 3.8) is 0 Å². The highest BCUT2D eigenvalue weighted by Gasteiger charge is 2.36. The molecule has 0 radical (unpaired) electrons. The summed E-state index contributed by atoms with van der Waals surface area (Å²) in [5.41, 5.74) is 5.02. The summed E-state index contributed by atoms with van der Waals surface area (Å²) in [5.74, 6) is 0. The monoisotopic (exact) mass is 436 g/mol. The number of hydrogen-bond acceptors (Lipinski definition) is 3. The Labute approximate surface area is 181 Å². The minimum Gasteiger partial charge on any atom is -0.392 e. The molecular weight excluding hydrogens is 405 g/mol. The third-order valence-electron chi connectivity index (χ3n) is 5.75. The van der Waals surface area contributed by atoms with Crippen LogP contribution >= 0.6 is 0 Å². The van der Waals surface area contributed by atoms with Crippen molar-refractivity contribution in [3.05, 3.63) is 75.9 Å². The van der Waals surface area contributed by atoms with Gasteiger partial charge in [0, 0.05) is 0 Å². The van der Waals surface area contributed by atoms with E-state index in [-0.39, 0.29) is 18.6 Å². The lowest BCUT2D eigenvalue weighted by molar-refractivity contribution is -0.187. The van der Waals surface area contributed by atoms with Crippen molar-refractivity contribution < 1.29 is 28.5 Å². The third kappa shape index (κ3) is 6.66. The van der Waals surface area contributed by atoms with Crippen LogP contribution in [0.3, 0.4) is 0 Å². The van der Waals surface area contributed by atoms with E-state index >= 15 is 0 Å². The number of alkyl halides is 3. The molecule has 0 fully saturated rings. The molecule has 3 nitrogen and oxygen atoms in total. The fourth-order valence-electron chi connectivity index (χ4n) is 3.54. The molecule has 2 aromatic carbocycles. The Morgan fingerprint density at radius 1 is 0.935 bits per heavy atom. The molecule has 31 heavy (non-hydrogen) atoms. The molecule has 0 aliphatic heterocycles. The summed E-state index contributed by atoms with van der Waals surface area (Å²) in [4.78, 5) is 0.